The lowest BCUT2D eigenvalue weighted by atomic mass is 10.0. The van der Waals surface area contributed by atoms with E-state index in [1.807, 2.05) is 0 Å². The largest absolute Gasteiger partial charge is 0.295 e. The minimum Gasteiger partial charge on any atom is -0.295 e. The fourth-order valence-corrected chi connectivity index (χ4v) is 2.92. The van der Waals surface area contributed by atoms with Gasteiger partial charge in [0.25, 0.3) is 0 Å². The van der Waals surface area contributed by atoms with Gasteiger partial charge in [-0.05, 0) is 43.6 Å². The lowest BCUT2D eigenvalue weighted by molar-refractivity contribution is -0.115. The predicted octanol–water partition coefficient (Wildman–Crippen LogP) is 3.64. The highest BCUT2D eigenvalue weighted by atomic mass is 16.1. The number of hydrogen-bond donors (Lipinski definition) is 0. The summed E-state index contributed by atoms with van der Waals surface area (Å²) in [6, 6.07) is 0. The van der Waals surface area contributed by atoms with E-state index in [-0.39, 0.29) is 0 Å². The van der Waals surface area contributed by atoms with Crippen LogP contribution in [-0.2, 0) is 4.79 Å². The van der Waals surface area contributed by atoms with Crippen molar-refractivity contribution >= 4 is 5.78 Å². The first-order chi connectivity index (χ1) is 6.83. The fourth-order valence-electron chi connectivity index (χ4n) is 2.92. The van der Waals surface area contributed by atoms with Crippen LogP contribution in [-0.4, -0.2) is 5.78 Å². The maximum atomic E-state index is 11.7. The van der Waals surface area contributed by atoms with Gasteiger partial charge in [0.1, 0.15) is 0 Å². The predicted molar refractivity (Wildman–Crippen MR) is 58.1 cm³/mol. The van der Waals surface area contributed by atoms with E-state index in [4.69, 9.17) is 0 Å². The Hall–Kier alpha value is -0.590. The minimum atomic E-state index is 0.473. The Balaban J connectivity index is 2.00. The average Bonchev–Trinajstić information content (AvgIpc) is 2.69. The van der Waals surface area contributed by atoms with Gasteiger partial charge in [-0.25, -0.2) is 0 Å². The number of unbranched alkanes of at least 4 members (excludes halogenated alkanes) is 2. The minimum absolute atomic E-state index is 0.473. The van der Waals surface area contributed by atoms with Gasteiger partial charge in [-0.3, -0.25) is 4.79 Å². The maximum Gasteiger partial charge on any atom is 0.159 e. The summed E-state index contributed by atoms with van der Waals surface area (Å²) in [4.78, 5) is 11.7. The van der Waals surface area contributed by atoms with Crippen molar-refractivity contribution in [2.45, 2.75) is 58.3 Å². The van der Waals surface area contributed by atoms with Crippen molar-refractivity contribution < 1.29 is 4.79 Å². The van der Waals surface area contributed by atoms with Crippen LogP contribution in [0.15, 0.2) is 11.1 Å². The molecule has 0 N–H and O–H groups in total. The summed E-state index contributed by atoms with van der Waals surface area (Å²) in [5, 5.41) is 0. The van der Waals surface area contributed by atoms with Crippen LogP contribution in [0.25, 0.3) is 0 Å². The first-order valence-electron chi connectivity index (χ1n) is 6.08. The fraction of sp³-hybridized carbons (Fsp3) is 0.769. The zero-order chi connectivity index (χ0) is 9.97. The molecule has 0 aromatic rings. The molecule has 0 spiro atoms. The molecule has 2 aliphatic rings. The molecule has 78 valence electrons. The summed E-state index contributed by atoms with van der Waals surface area (Å²) in [7, 11) is 0. The molecule has 0 aromatic heterocycles. The van der Waals surface area contributed by atoms with E-state index in [0.29, 0.717) is 11.7 Å². The van der Waals surface area contributed by atoms with Crippen molar-refractivity contribution in [3.63, 3.8) is 0 Å². The van der Waals surface area contributed by atoms with Crippen LogP contribution in [0.2, 0.25) is 0 Å². The highest BCUT2D eigenvalue weighted by Crippen LogP contribution is 2.43. The van der Waals surface area contributed by atoms with Crippen molar-refractivity contribution in [3.8, 4) is 0 Å². The molecule has 0 aliphatic heterocycles. The van der Waals surface area contributed by atoms with Gasteiger partial charge in [0, 0.05) is 6.42 Å². The molecule has 0 unspecified atom stereocenters. The molecular weight excluding hydrogens is 172 g/mol. The molecule has 1 fully saturated rings. The molecule has 0 heterocycles. The van der Waals surface area contributed by atoms with Crippen molar-refractivity contribution in [3.05, 3.63) is 11.1 Å². The molecule has 2 aliphatic carbocycles. The number of Topliss-reactive ketones (excluding diaryl/α,β-unsaturated/α-hetero) is 1. The molecule has 1 atom stereocenters. The molecule has 0 bridgehead atoms. The second kappa shape index (κ2) is 4.29. The lowest BCUT2D eigenvalue weighted by Gasteiger charge is -2.03. The summed E-state index contributed by atoms with van der Waals surface area (Å²) in [6.45, 7) is 2.21. The van der Waals surface area contributed by atoms with Crippen LogP contribution in [0.5, 0.6) is 0 Å². The van der Waals surface area contributed by atoms with Gasteiger partial charge in [-0.15, -0.1) is 0 Å². The standard InChI is InChI=1S/C13H20O/c1-2-3-4-7-12-11-8-5-6-10(11)9-13(12)14/h10H,2-9H2,1H3/t10-/m0/s1. The Morgan fingerprint density at radius 2 is 2.21 bits per heavy atom. The molecule has 14 heavy (non-hydrogen) atoms. The van der Waals surface area contributed by atoms with Crippen molar-refractivity contribution in [2.75, 3.05) is 0 Å². The Morgan fingerprint density at radius 3 is 3.00 bits per heavy atom. The third-order valence-corrected chi connectivity index (χ3v) is 3.68. The van der Waals surface area contributed by atoms with Crippen LogP contribution in [0.4, 0.5) is 0 Å². The van der Waals surface area contributed by atoms with E-state index in [2.05, 4.69) is 6.92 Å². The molecule has 0 radical (unpaired) electrons. The van der Waals surface area contributed by atoms with Gasteiger partial charge in [0.05, 0.1) is 0 Å². The van der Waals surface area contributed by atoms with Crippen molar-refractivity contribution in [2.24, 2.45) is 5.92 Å². The first-order valence-corrected chi connectivity index (χ1v) is 6.08. The quantitative estimate of drug-likeness (QED) is 0.621. The second-order valence-corrected chi connectivity index (χ2v) is 4.68. The van der Waals surface area contributed by atoms with Crippen LogP contribution in [0.3, 0.4) is 0 Å². The molecule has 0 amide bonds. The van der Waals surface area contributed by atoms with Crippen molar-refractivity contribution in [1.82, 2.24) is 0 Å². The number of ketones is 1. The zero-order valence-corrected chi connectivity index (χ0v) is 9.14. The summed E-state index contributed by atoms with van der Waals surface area (Å²) in [5.41, 5.74) is 2.78. The van der Waals surface area contributed by atoms with Crippen molar-refractivity contribution in [1.29, 1.82) is 0 Å². The van der Waals surface area contributed by atoms with Gasteiger partial charge in [-0.2, -0.15) is 0 Å². The lowest BCUT2D eigenvalue weighted by Crippen LogP contribution is -1.98. The van der Waals surface area contributed by atoms with Crippen LogP contribution < -0.4 is 0 Å². The maximum absolute atomic E-state index is 11.7. The summed E-state index contributed by atoms with van der Waals surface area (Å²) in [5.74, 6) is 1.14. The second-order valence-electron chi connectivity index (χ2n) is 4.68. The van der Waals surface area contributed by atoms with Crippen LogP contribution >= 0.6 is 0 Å². The Kier molecular flexibility index (Phi) is 3.05. The van der Waals surface area contributed by atoms with E-state index in [9.17, 15) is 4.79 Å². The Bertz CT molecular complexity index is 262. The smallest absolute Gasteiger partial charge is 0.159 e. The van der Waals surface area contributed by atoms with E-state index in [1.54, 1.807) is 5.57 Å². The SMILES string of the molecule is CCCCCC1=C2CCC[C@H]2CC1=O. The monoisotopic (exact) mass is 192 g/mol. The molecule has 1 heteroatoms. The highest BCUT2D eigenvalue weighted by molar-refractivity contribution is 5.99. The number of carbonyl (C=O) groups is 1. The van der Waals surface area contributed by atoms with E-state index in [1.165, 1.54) is 44.1 Å². The number of rotatable bonds is 4. The zero-order valence-electron chi connectivity index (χ0n) is 9.14. The summed E-state index contributed by atoms with van der Waals surface area (Å²) < 4.78 is 0. The Morgan fingerprint density at radius 1 is 1.36 bits per heavy atom. The Labute approximate surface area is 86.6 Å². The molecule has 0 aromatic carbocycles. The molecule has 1 saturated carbocycles. The summed E-state index contributed by atoms with van der Waals surface area (Å²) >= 11 is 0. The highest BCUT2D eigenvalue weighted by Gasteiger charge is 2.34. The van der Waals surface area contributed by atoms with Gasteiger partial charge in [0.15, 0.2) is 5.78 Å². The van der Waals surface area contributed by atoms with Crippen LogP contribution in [0.1, 0.15) is 58.3 Å². The third-order valence-electron chi connectivity index (χ3n) is 3.68. The van der Waals surface area contributed by atoms with Crippen LogP contribution in [0, 0.1) is 5.92 Å². The normalized spacial score (nSPS) is 26.1. The first kappa shape index (κ1) is 9.95. The van der Waals surface area contributed by atoms with Gasteiger partial charge in [0.2, 0.25) is 0 Å². The van der Waals surface area contributed by atoms with E-state index in [0.717, 1.165) is 12.8 Å². The molecular formula is C13H20O. The summed E-state index contributed by atoms with van der Waals surface area (Å²) in [6.07, 6.45) is 9.47. The van der Waals surface area contributed by atoms with Gasteiger partial charge >= 0.3 is 0 Å². The number of fused-ring (bicyclic) bond motifs is 1. The average molecular weight is 192 g/mol. The number of carbonyl (C=O) groups excluding carboxylic acids is 1. The molecule has 0 saturated heterocycles. The van der Waals surface area contributed by atoms with E-state index < -0.39 is 0 Å². The molecule has 1 nitrogen and oxygen atoms in total. The molecule has 2 rings (SSSR count). The third kappa shape index (κ3) is 1.77. The number of hydrogen-bond acceptors (Lipinski definition) is 1. The number of allylic oxidation sites excluding steroid dienone is 2. The van der Waals surface area contributed by atoms with E-state index >= 15 is 0 Å². The topological polar surface area (TPSA) is 17.1 Å². The van der Waals surface area contributed by atoms with Gasteiger partial charge < -0.3 is 0 Å². The van der Waals surface area contributed by atoms with Gasteiger partial charge in [-0.1, -0.05) is 25.3 Å².